The van der Waals surface area contributed by atoms with Gasteiger partial charge in [-0.25, -0.2) is 0 Å². The summed E-state index contributed by atoms with van der Waals surface area (Å²) in [7, 11) is 0. The topological polar surface area (TPSA) is 21.3 Å². The summed E-state index contributed by atoms with van der Waals surface area (Å²) >= 11 is 0. The molecule has 12 rings (SSSR count). The van der Waals surface area contributed by atoms with Crippen molar-refractivity contribution in [2.24, 2.45) is 0 Å². The second-order valence-corrected chi connectivity index (χ2v) is 14.6. The van der Waals surface area contributed by atoms with Crippen LogP contribution in [-0.4, -0.2) is 11.4 Å². The number of aromatic nitrogens is 1. The maximum Gasteiger partial charge on any atom is 0.333 e. The molecule has 0 fully saturated rings. The summed E-state index contributed by atoms with van der Waals surface area (Å²) in [5, 5.41) is 7.46. The third kappa shape index (κ3) is 3.56. The molecule has 0 bridgehead atoms. The fraction of sp³-hybridized carbons (Fsp3) is 0.0417. The molecule has 242 valence electrons. The van der Waals surface area contributed by atoms with Gasteiger partial charge in [-0.05, 0) is 101 Å². The van der Waals surface area contributed by atoms with Crippen LogP contribution in [0.1, 0.15) is 11.1 Å². The lowest BCUT2D eigenvalue weighted by atomic mass is 9.43. The number of hydrogen-bond acceptors (Lipinski definition) is 2. The molecule has 0 amide bonds. The van der Waals surface area contributed by atoms with Gasteiger partial charge in [0.15, 0.2) is 0 Å². The van der Waals surface area contributed by atoms with Crippen molar-refractivity contribution in [3.05, 3.63) is 163 Å². The molecule has 10 aromatic rings. The van der Waals surface area contributed by atoms with E-state index < -0.39 is 0 Å². The summed E-state index contributed by atoms with van der Waals surface area (Å²) in [4.78, 5) is 2.61. The molecule has 0 unspecified atom stereocenters. The first-order valence-electron chi connectivity index (χ1n) is 18.1. The number of para-hydroxylation sites is 1. The Kier molecular flexibility index (Phi) is 5.45. The molecule has 2 aliphatic rings. The smallest absolute Gasteiger partial charge is 0.333 e. The minimum absolute atomic E-state index is 0.0499. The van der Waals surface area contributed by atoms with E-state index in [9.17, 15) is 0 Å². The summed E-state index contributed by atoms with van der Waals surface area (Å²) in [6.45, 7) is 4.34. The Bertz CT molecular complexity index is 3150. The molecule has 2 aliphatic heterocycles. The Hall–Kier alpha value is -6.52. The first-order valence-corrected chi connectivity index (χ1v) is 18.1. The van der Waals surface area contributed by atoms with Gasteiger partial charge in [-0.3, -0.25) is 0 Å². The number of aryl methyl sites for hydroxylation is 2. The zero-order chi connectivity index (χ0) is 34.2. The average Bonchev–Trinajstić information content (AvgIpc) is 3.75. The number of nitrogens with zero attached hydrogens (tertiary/aromatic N) is 2. The fourth-order valence-electron chi connectivity index (χ4n) is 9.51. The highest BCUT2D eigenvalue weighted by atomic mass is 16.3. The van der Waals surface area contributed by atoms with Gasteiger partial charge in [0.25, 0.3) is 0 Å². The lowest BCUT2D eigenvalue weighted by Crippen LogP contribution is -2.60. The van der Waals surface area contributed by atoms with Crippen LogP contribution in [0.2, 0.25) is 0 Å². The van der Waals surface area contributed by atoms with Crippen LogP contribution in [0.5, 0.6) is 0 Å². The van der Waals surface area contributed by atoms with Gasteiger partial charge < -0.3 is 13.8 Å². The lowest BCUT2D eigenvalue weighted by molar-refractivity contribution is 0.669. The molecule has 4 heteroatoms. The number of furan rings is 1. The molecule has 0 saturated carbocycles. The van der Waals surface area contributed by atoms with Crippen LogP contribution in [0, 0.1) is 13.8 Å². The van der Waals surface area contributed by atoms with Crippen molar-refractivity contribution in [1.29, 1.82) is 0 Å². The number of rotatable bonds is 2. The molecule has 0 spiro atoms. The first kappa shape index (κ1) is 28.2. The Morgan fingerprint density at radius 3 is 2.15 bits per heavy atom. The van der Waals surface area contributed by atoms with E-state index in [0.29, 0.717) is 0 Å². The van der Waals surface area contributed by atoms with Gasteiger partial charge in [0.2, 0.25) is 0 Å². The quantitative estimate of drug-likeness (QED) is 0.172. The van der Waals surface area contributed by atoms with Crippen molar-refractivity contribution < 1.29 is 4.42 Å². The molecule has 0 saturated heterocycles. The summed E-state index contributed by atoms with van der Waals surface area (Å²) in [5.74, 6) is 0. The van der Waals surface area contributed by atoms with E-state index in [0.717, 1.165) is 16.6 Å². The van der Waals surface area contributed by atoms with Crippen LogP contribution in [-0.2, 0) is 0 Å². The molecular weight excluding hydrogens is 631 g/mol. The van der Waals surface area contributed by atoms with Crippen LogP contribution in [0.3, 0.4) is 0 Å². The van der Waals surface area contributed by atoms with Crippen LogP contribution in [0.25, 0.3) is 82.5 Å². The second-order valence-electron chi connectivity index (χ2n) is 14.6. The van der Waals surface area contributed by atoms with Crippen LogP contribution >= 0.6 is 0 Å². The van der Waals surface area contributed by atoms with Crippen LogP contribution < -0.4 is 15.7 Å². The van der Waals surface area contributed by atoms with Crippen molar-refractivity contribution in [3.8, 4) is 27.9 Å². The standard InChI is InChI=1S/C48H31BN2O/c1-28-16-20-32(21-17-28)51-40-24-25-42-45(34-14-8-9-15-41(34)52-42)44(40)36-27-35(30-10-4-3-5-11-30)46-43-33-13-7-6-12-31(33)19-23-39(43)50-38-22-18-29(2)26-37(38)49(51)47(36)48(46)50/h3-27H,1-2H3. The summed E-state index contributed by atoms with van der Waals surface area (Å²) in [6.07, 6.45) is 0. The monoisotopic (exact) mass is 662 g/mol. The summed E-state index contributed by atoms with van der Waals surface area (Å²) in [6, 6.07) is 56.1. The minimum Gasteiger partial charge on any atom is -0.456 e. The van der Waals surface area contributed by atoms with Crippen molar-refractivity contribution in [3.63, 3.8) is 0 Å². The van der Waals surface area contributed by atoms with E-state index in [4.69, 9.17) is 4.42 Å². The Balaban J connectivity index is 1.38. The lowest BCUT2D eigenvalue weighted by Gasteiger charge is -2.42. The van der Waals surface area contributed by atoms with E-state index in [1.54, 1.807) is 0 Å². The third-order valence-corrected chi connectivity index (χ3v) is 11.7. The van der Waals surface area contributed by atoms with Crippen LogP contribution in [0.15, 0.2) is 156 Å². The van der Waals surface area contributed by atoms with Gasteiger partial charge >= 0.3 is 6.85 Å². The number of anilines is 2. The van der Waals surface area contributed by atoms with E-state index in [1.807, 2.05) is 0 Å². The molecule has 8 aromatic carbocycles. The van der Waals surface area contributed by atoms with Crippen LogP contribution in [0.4, 0.5) is 11.4 Å². The van der Waals surface area contributed by atoms with Gasteiger partial charge in [0.1, 0.15) is 11.2 Å². The Labute approximate surface area is 301 Å². The molecular formula is C48H31BN2O. The second kappa shape index (κ2) is 10.1. The van der Waals surface area contributed by atoms with Crippen molar-refractivity contribution in [1.82, 2.24) is 4.57 Å². The molecule has 0 aliphatic carbocycles. The Morgan fingerprint density at radius 1 is 0.538 bits per heavy atom. The van der Waals surface area contributed by atoms with E-state index in [1.165, 1.54) is 99.3 Å². The highest BCUT2D eigenvalue weighted by Crippen LogP contribution is 2.52. The maximum absolute atomic E-state index is 6.60. The first-order chi connectivity index (χ1) is 25.6. The van der Waals surface area contributed by atoms with Crippen molar-refractivity contribution in [2.75, 3.05) is 4.81 Å². The van der Waals surface area contributed by atoms with Crippen molar-refractivity contribution in [2.45, 2.75) is 13.8 Å². The number of hydrogen-bond donors (Lipinski definition) is 0. The van der Waals surface area contributed by atoms with Gasteiger partial charge in [-0.1, -0.05) is 114 Å². The zero-order valence-electron chi connectivity index (χ0n) is 28.8. The van der Waals surface area contributed by atoms with E-state index >= 15 is 0 Å². The zero-order valence-corrected chi connectivity index (χ0v) is 28.8. The molecule has 3 nitrogen and oxygen atoms in total. The minimum atomic E-state index is -0.0499. The molecule has 0 radical (unpaired) electrons. The maximum atomic E-state index is 6.60. The largest absolute Gasteiger partial charge is 0.456 e. The van der Waals surface area contributed by atoms with Gasteiger partial charge in [-0.15, -0.1) is 0 Å². The van der Waals surface area contributed by atoms with E-state index in [-0.39, 0.29) is 6.85 Å². The normalized spacial score (nSPS) is 13.1. The molecule has 2 aromatic heterocycles. The third-order valence-electron chi connectivity index (χ3n) is 11.7. The number of fused-ring (bicyclic) bond motifs is 14. The molecule has 0 N–H and O–H groups in total. The molecule has 4 heterocycles. The fourth-order valence-corrected chi connectivity index (χ4v) is 9.51. The predicted octanol–water partition coefficient (Wildman–Crippen LogP) is 11.4. The van der Waals surface area contributed by atoms with Gasteiger partial charge in [-0.2, -0.15) is 0 Å². The van der Waals surface area contributed by atoms with Crippen molar-refractivity contribution >= 4 is 83.7 Å². The highest BCUT2D eigenvalue weighted by Gasteiger charge is 2.45. The van der Waals surface area contributed by atoms with Gasteiger partial charge in [0, 0.05) is 44.2 Å². The summed E-state index contributed by atoms with van der Waals surface area (Å²) in [5.41, 5.74) is 18.1. The predicted molar refractivity (Wildman–Crippen MR) is 220 cm³/mol. The highest BCUT2D eigenvalue weighted by molar-refractivity contribution is 6.94. The average molecular weight is 663 g/mol. The SMILES string of the molecule is Cc1ccc(N2B3c4cc(C)ccc4-n4c5ccc6ccccc6c5c5c(-c6ccccc6)cc(c3c54)-c3c2ccc2oc4ccccc4c32)cc1. The molecule has 52 heavy (non-hydrogen) atoms. The van der Waals surface area contributed by atoms with Gasteiger partial charge in [0.05, 0.1) is 11.0 Å². The number of benzene rings is 8. The summed E-state index contributed by atoms with van der Waals surface area (Å²) < 4.78 is 9.18. The Morgan fingerprint density at radius 2 is 1.29 bits per heavy atom. The van der Waals surface area contributed by atoms with E-state index in [2.05, 4.69) is 175 Å². The molecule has 0 atom stereocenters.